The van der Waals surface area contributed by atoms with E-state index in [4.69, 9.17) is 9.47 Å². The largest absolute Gasteiger partial charge is 0.396 e. The van der Waals surface area contributed by atoms with Crippen LogP contribution in [0, 0.1) is 11.6 Å². The van der Waals surface area contributed by atoms with E-state index in [1.54, 1.807) is 36.4 Å². The van der Waals surface area contributed by atoms with E-state index in [9.17, 15) is 13.9 Å². The lowest BCUT2D eigenvalue weighted by Crippen LogP contribution is -2.45. The van der Waals surface area contributed by atoms with E-state index >= 15 is 0 Å². The number of hydrogen-bond donors (Lipinski definition) is 1. The van der Waals surface area contributed by atoms with E-state index < -0.39 is 18.0 Å². The molecule has 25 heavy (non-hydrogen) atoms. The highest BCUT2D eigenvalue weighted by Crippen LogP contribution is 2.50. The van der Waals surface area contributed by atoms with Crippen molar-refractivity contribution in [3.05, 3.63) is 71.3 Å². The number of aliphatic hydroxyl groups excluding tert-OH is 1. The fourth-order valence-electron chi connectivity index (χ4n) is 3.75. The highest BCUT2D eigenvalue weighted by Gasteiger charge is 2.57. The van der Waals surface area contributed by atoms with Crippen LogP contribution >= 0.6 is 0 Å². The summed E-state index contributed by atoms with van der Waals surface area (Å²) in [5.74, 6) is -0.766. The van der Waals surface area contributed by atoms with Gasteiger partial charge in [-0.3, -0.25) is 0 Å². The molecule has 2 aliphatic heterocycles. The third-order valence-electron chi connectivity index (χ3n) is 4.99. The topological polar surface area (TPSA) is 41.9 Å². The zero-order chi connectivity index (χ0) is 17.4. The Balaban J connectivity index is 1.78. The number of hydrogen-bond acceptors (Lipinski definition) is 4. The molecule has 0 saturated carbocycles. The number of aliphatic hydroxyl groups is 1. The molecule has 0 aliphatic carbocycles. The summed E-state index contributed by atoms with van der Waals surface area (Å²) in [6.45, 7) is 0.520. The van der Waals surface area contributed by atoms with Crippen molar-refractivity contribution in [1.29, 1.82) is 0 Å². The van der Waals surface area contributed by atoms with Crippen molar-refractivity contribution in [3.8, 4) is 0 Å². The molecule has 2 saturated heterocycles. The fraction of sp³-hybridized carbons (Fsp3) is 0.368. The summed E-state index contributed by atoms with van der Waals surface area (Å²) in [7, 11) is 0. The lowest BCUT2D eigenvalue weighted by atomic mass is 9.96. The highest BCUT2D eigenvalue weighted by molar-refractivity contribution is 5.26. The van der Waals surface area contributed by atoms with Crippen molar-refractivity contribution in [2.45, 2.75) is 24.4 Å². The van der Waals surface area contributed by atoms with E-state index in [1.807, 2.05) is 4.90 Å². The van der Waals surface area contributed by atoms with Gasteiger partial charge >= 0.3 is 0 Å². The predicted molar refractivity (Wildman–Crippen MR) is 86.5 cm³/mol. The van der Waals surface area contributed by atoms with Gasteiger partial charge < -0.3 is 14.6 Å². The van der Waals surface area contributed by atoms with Crippen LogP contribution in [0.2, 0.25) is 0 Å². The molecule has 0 amide bonds. The van der Waals surface area contributed by atoms with Crippen LogP contribution in [0.4, 0.5) is 8.78 Å². The molecule has 4 nitrogen and oxygen atoms in total. The summed E-state index contributed by atoms with van der Waals surface area (Å²) in [6, 6.07) is 12.8. The van der Waals surface area contributed by atoms with E-state index in [0.29, 0.717) is 17.5 Å². The Morgan fingerprint density at radius 3 is 1.84 bits per heavy atom. The fourth-order valence-corrected chi connectivity index (χ4v) is 3.75. The molecule has 0 bridgehead atoms. The molecule has 0 aromatic heterocycles. The lowest BCUT2D eigenvalue weighted by Gasteiger charge is -2.34. The van der Waals surface area contributed by atoms with Gasteiger partial charge in [-0.1, -0.05) is 36.4 Å². The highest BCUT2D eigenvalue weighted by atomic mass is 19.1. The van der Waals surface area contributed by atoms with Gasteiger partial charge in [0.05, 0.1) is 18.8 Å². The monoisotopic (exact) mass is 347 g/mol. The third kappa shape index (κ3) is 2.66. The standard InChI is InChI=1S/C19H19F2NO3/c20-15-7-3-1-5-13(15)17-22-18(14-6-2-4-8-16(14)21)25-12-19(22,9-10-23)11-24-17/h1-8,17-18,23H,9-12H2/t17-,18+,19-. The van der Waals surface area contributed by atoms with E-state index in [2.05, 4.69) is 0 Å². The summed E-state index contributed by atoms with van der Waals surface area (Å²) in [5.41, 5.74) is 0.164. The molecule has 2 aromatic carbocycles. The van der Waals surface area contributed by atoms with Crippen molar-refractivity contribution in [2.75, 3.05) is 19.8 Å². The van der Waals surface area contributed by atoms with Crippen molar-refractivity contribution < 1.29 is 23.4 Å². The average molecular weight is 347 g/mol. The van der Waals surface area contributed by atoms with Crippen LogP contribution < -0.4 is 0 Å². The first-order chi connectivity index (χ1) is 12.2. The summed E-state index contributed by atoms with van der Waals surface area (Å²) < 4.78 is 40.5. The zero-order valence-electron chi connectivity index (χ0n) is 13.6. The van der Waals surface area contributed by atoms with Gasteiger partial charge in [0.1, 0.15) is 24.1 Å². The molecule has 6 heteroatoms. The Bertz CT molecular complexity index is 712. The molecule has 2 aromatic rings. The smallest absolute Gasteiger partial charge is 0.142 e. The van der Waals surface area contributed by atoms with Crippen LogP contribution in [0.1, 0.15) is 30.0 Å². The first-order valence-corrected chi connectivity index (χ1v) is 8.28. The Kier molecular flexibility index (Phi) is 4.29. The molecule has 2 fully saturated rings. The maximum atomic E-state index is 14.3. The lowest BCUT2D eigenvalue weighted by molar-refractivity contribution is -0.0650. The maximum absolute atomic E-state index is 14.3. The van der Waals surface area contributed by atoms with Crippen LogP contribution in [0.25, 0.3) is 0 Å². The molecule has 132 valence electrons. The SMILES string of the molecule is OCC[C@]12CO[C@H](c3ccccc3F)N1[C@H](c1ccccc1F)OC2. The number of ether oxygens (including phenoxy) is 2. The summed E-state index contributed by atoms with van der Waals surface area (Å²) in [6.07, 6.45) is -0.983. The maximum Gasteiger partial charge on any atom is 0.142 e. The van der Waals surface area contributed by atoms with E-state index in [0.717, 1.165) is 0 Å². The quantitative estimate of drug-likeness (QED) is 0.923. The van der Waals surface area contributed by atoms with Gasteiger partial charge in [0.25, 0.3) is 0 Å². The summed E-state index contributed by atoms with van der Waals surface area (Å²) in [4.78, 5) is 1.86. The van der Waals surface area contributed by atoms with Crippen LogP contribution in [0.5, 0.6) is 0 Å². The first kappa shape index (κ1) is 16.6. The molecule has 0 spiro atoms. The molecule has 0 radical (unpaired) electrons. The number of benzene rings is 2. The van der Waals surface area contributed by atoms with Crippen molar-refractivity contribution >= 4 is 0 Å². The second-order valence-electron chi connectivity index (χ2n) is 6.47. The minimum atomic E-state index is -0.695. The Morgan fingerprint density at radius 2 is 1.40 bits per heavy atom. The summed E-state index contributed by atoms with van der Waals surface area (Å²) >= 11 is 0. The second kappa shape index (κ2) is 6.46. The van der Waals surface area contributed by atoms with Crippen molar-refractivity contribution in [2.24, 2.45) is 0 Å². The van der Waals surface area contributed by atoms with E-state index in [1.165, 1.54) is 12.1 Å². The normalized spacial score (nSPS) is 29.1. The minimum absolute atomic E-state index is 0.0583. The Labute approximate surface area is 144 Å². The number of nitrogens with zero attached hydrogens (tertiary/aromatic N) is 1. The van der Waals surface area contributed by atoms with Gasteiger partial charge in [-0.05, 0) is 18.6 Å². The summed E-state index contributed by atoms with van der Waals surface area (Å²) in [5, 5.41) is 9.51. The van der Waals surface area contributed by atoms with Crippen molar-refractivity contribution in [3.63, 3.8) is 0 Å². The number of fused-ring (bicyclic) bond motifs is 1. The molecule has 1 N–H and O–H groups in total. The molecule has 4 rings (SSSR count). The molecular weight excluding hydrogens is 328 g/mol. The van der Waals surface area contributed by atoms with Gasteiger partial charge in [0.2, 0.25) is 0 Å². The first-order valence-electron chi connectivity index (χ1n) is 8.28. The van der Waals surface area contributed by atoms with Gasteiger partial charge in [-0.25, -0.2) is 13.7 Å². The third-order valence-corrected chi connectivity index (χ3v) is 4.99. The van der Waals surface area contributed by atoms with Crippen LogP contribution in [-0.2, 0) is 9.47 Å². The van der Waals surface area contributed by atoms with Gasteiger partial charge in [0.15, 0.2) is 0 Å². The Morgan fingerprint density at radius 1 is 0.920 bits per heavy atom. The molecule has 2 aliphatic rings. The predicted octanol–water partition coefficient (Wildman–Crippen LogP) is 3.15. The Hall–Kier alpha value is -1.86. The molecule has 3 atom stereocenters. The molecular formula is C19H19F2NO3. The molecule has 2 heterocycles. The minimum Gasteiger partial charge on any atom is -0.396 e. The number of rotatable bonds is 4. The van der Waals surface area contributed by atoms with Gasteiger partial charge in [0, 0.05) is 17.7 Å². The van der Waals surface area contributed by atoms with E-state index in [-0.39, 0.29) is 31.5 Å². The van der Waals surface area contributed by atoms with Crippen molar-refractivity contribution in [1.82, 2.24) is 4.90 Å². The second-order valence-corrected chi connectivity index (χ2v) is 6.47. The van der Waals surface area contributed by atoms with Crippen LogP contribution in [0.15, 0.2) is 48.5 Å². The van der Waals surface area contributed by atoms with Crippen LogP contribution in [-0.4, -0.2) is 35.4 Å². The average Bonchev–Trinajstić information content (AvgIpc) is 3.14. The zero-order valence-corrected chi connectivity index (χ0v) is 13.6. The van der Waals surface area contributed by atoms with Crippen LogP contribution in [0.3, 0.4) is 0 Å². The van der Waals surface area contributed by atoms with Gasteiger partial charge in [-0.2, -0.15) is 0 Å². The molecule has 0 unspecified atom stereocenters. The van der Waals surface area contributed by atoms with Gasteiger partial charge in [-0.15, -0.1) is 0 Å². The number of halogens is 2.